The third-order valence-electron chi connectivity index (χ3n) is 5.78. The molecule has 0 aromatic heterocycles. The van der Waals surface area contributed by atoms with E-state index in [4.69, 9.17) is 11.6 Å². The van der Waals surface area contributed by atoms with Crippen LogP contribution in [0.4, 0.5) is 5.69 Å². The topological polar surface area (TPSA) is 27.0 Å². The van der Waals surface area contributed by atoms with E-state index in [0.717, 1.165) is 30.5 Å². The van der Waals surface area contributed by atoms with Crippen LogP contribution in [0.3, 0.4) is 0 Å². The van der Waals surface area contributed by atoms with Gasteiger partial charge in [0.25, 0.3) is 0 Å². The van der Waals surface area contributed by atoms with Crippen molar-refractivity contribution in [1.29, 1.82) is 5.26 Å². The highest BCUT2D eigenvalue weighted by Gasteiger charge is 2.36. The fourth-order valence-corrected chi connectivity index (χ4v) is 4.64. The lowest BCUT2D eigenvalue weighted by molar-refractivity contribution is 0.376. The number of nitriles is 1. The Labute approximate surface area is 174 Å². The number of benzene rings is 2. The van der Waals surface area contributed by atoms with Gasteiger partial charge in [-0.25, -0.2) is 0 Å². The maximum absolute atomic E-state index is 9.72. The van der Waals surface area contributed by atoms with Gasteiger partial charge in [-0.05, 0) is 92.1 Å². The molecule has 0 saturated carbocycles. The van der Waals surface area contributed by atoms with Gasteiger partial charge in [-0.15, -0.1) is 0 Å². The first-order valence-corrected chi connectivity index (χ1v) is 10.4. The summed E-state index contributed by atoms with van der Waals surface area (Å²) in [6.45, 7) is 12.4. The summed E-state index contributed by atoms with van der Waals surface area (Å²) in [6, 6.07) is 14.4. The minimum atomic E-state index is 0.158. The van der Waals surface area contributed by atoms with Crippen molar-refractivity contribution < 1.29 is 0 Å². The van der Waals surface area contributed by atoms with Crippen LogP contribution in [0.2, 0.25) is 5.02 Å². The van der Waals surface area contributed by atoms with E-state index < -0.39 is 0 Å². The van der Waals surface area contributed by atoms with E-state index in [9.17, 15) is 5.26 Å². The molecule has 2 aromatic rings. The average Bonchev–Trinajstić information content (AvgIpc) is 2.63. The SMILES string of the molecule is CCCN1c2cc(C)c(/C=C(\C#N)c3cccc(Cl)c3)cc2C(C)CC1(C)C. The molecule has 0 amide bonds. The molecule has 1 aliphatic rings. The summed E-state index contributed by atoms with van der Waals surface area (Å²) >= 11 is 6.12. The molecule has 0 saturated heterocycles. The Balaban J connectivity index is 2.10. The van der Waals surface area contributed by atoms with E-state index in [-0.39, 0.29) is 5.54 Å². The van der Waals surface area contributed by atoms with Crippen molar-refractivity contribution in [3.63, 3.8) is 0 Å². The Morgan fingerprint density at radius 2 is 2.07 bits per heavy atom. The molecule has 2 aromatic carbocycles. The fraction of sp³-hybridized carbons (Fsp3) is 0.400. The van der Waals surface area contributed by atoms with E-state index in [2.05, 4.69) is 57.7 Å². The molecule has 0 bridgehead atoms. The van der Waals surface area contributed by atoms with Crippen molar-refractivity contribution in [1.82, 2.24) is 0 Å². The van der Waals surface area contributed by atoms with Crippen LogP contribution < -0.4 is 4.90 Å². The zero-order valence-corrected chi connectivity index (χ0v) is 18.3. The number of hydrogen-bond acceptors (Lipinski definition) is 2. The normalized spacial score (nSPS) is 18.5. The molecule has 0 radical (unpaired) electrons. The van der Waals surface area contributed by atoms with Crippen LogP contribution in [-0.4, -0.2) is 12.1 Å². The number of allylic oxidation sites excluding steroid dienone is 1. The highest BCUT2D eigenvalue weighted by molar-refractivity contribution is 6.30. The molecule has 0 aliphatic carbocycles. The Hall–Kier alpha value is -2.24. The van der Waals surface area contributed by atoms with Gasteiger partial charge in [0.1, 0.15) is 0 Å². The van der Waals surface area contributed by atoms with Crippen molar-refractivity contribution in [2.45, 2.75) is 58.9 Å². The molecule has 3 heteroatoms. The summed E-state index contributed by atoms with van der Waals surface area (Å²) in [6.07, 6.45) is 4.26. The number of nitrogens with zero attached hydrogens (tertiary/aromatic N) is 2. The highest BCUT2D eigenvalue weighted by atomic mass is 35.5. The second kappa shape index (κ2) is 8.02. The molecule has 1 atom stereocenters. The molecule has 3 rings (SSSR count). The van der Waals surface area contributed by atoms with Crippen LogP contribution in [0.5, 0.6) is 0 Å². The number of fused-ring (bicyclic) bond motifs is 1. The smallest absolute Gasteiger partial charge is 0.0998 e. The maximum Gasteiger partial charge on any atom is 0.0998 e. The predicted octanol–water partition coefficient (Wildman–Crippen LogP) is 7.21. The maximum atomic E-state index is 9.72. The van der Waals surface area contributed by atoms with Gasteiger partial charge >= 0.3 is 0 Å². The monoisotopic (exact) mass is 392 g/mol. The van der Waals surface area contributed by atoms with Gasteiger partial charge < -0.3 is 4.90 Å². The van der Waals surface area contributed by atoms with Gasteiger partial charge in [0, 0.05) is 22.8 Å². The molecular formula is C25H29ClN2. The van der Waals surface area contributed by atoms with Crippen molar-refractivity contribution in [2.75, 3.05) is 11.4 Å². The van der Waals surface area contributed by atoms with Gasteiger partial charge in [-0.2, -0.15) is 5.26 Å². The standard InChI is InChI=1S/C25H29ClN2/c1-6-10-28-24-11-17(2)20(14-23(24)18(3)15-25(28,4)5)12-21(16-27)19-8-7-9-22(26)13-19/h7-9,11-14,18H,6,10,15H2,1-5H3/b21-12+. The van der Waals surface area contributed by atoms with Crippen molar-refractivity contribution in [3.8, 4) is 6.07 Å². The van der Waals surface area contributed by atoms with Crippen LogP contribution in [-0.2, 0) is 0 Å². The molecule has 2 nitrogen and oxygen atoms in total. The molecule has 0 spiro atoms. The zero-order chi connectivity index (χ0) is 20.5. The summed E-state index contributed by atoms with van der Waals surface area (Å²) in [5.41, 5.74) is 6.69. The summed E-state index contributed by atoms with van der Waals surface area (Å²) in [5, 5.41) is 10.4. The van der Waals surface area contributed by atoms with Crippen LogP contribution in [0.25, 0.3) is 11.6 Å². The first-order valence-electron chi connectivity index (χ1n) is 10.1. The summed E-state index contributed by atoms with van der Waals surface area (Å²) < 4.78 is 0. The van der Waals surface area contributed by atoms with E-state index in [1.54, 1.807) is 0 Å². The second-order valence-corrected chi connectivity index (χ2v) is 8.95. The number of rotatable bonds is 4. The lowest BCUT2D eigenvalue weighted by Gasteiger charge is -2.48. The number of aryl methyl sites for hydroxylation is 1. The minimum Gasteiger partial charge on any atom is -0.366 e. The van der Waals surface area contributed by atoms with E-state index in [0.29, 0.717) is 16.5 Å². The number of anilines is 1. The summed E-state index contributed by atoms with van der Waals surface area (Å²) in [4.78, 5) is 2.56. The van der Waals surface area contributed by atoms with Crippen molar-refractivity contribution in [3.05, 3.63) is 63.7 Å². The Kier molecular flexibility index (Phi) is 5.87. The second-order valence-electron chi connectivity index (χ2n) is 8.52. The highest BCUT2D eigenvalue weighted by Crippen LogP contribution is 2.44. The molecule has 1 heterocycles. The lowest BCUT2D eigenvalue weighted by Crippen LogP contribution is -2.48. The minimum absolute atomic E-state index is 0.158. The van der Waals surface area contributed by atoms with Crippen LogP contribution >= 0.6 is 11.6 Å². The van der Waals surface area contributed by atoms with Gasteiger partial charge in [0.05, 0.1) is 11.6 Å². The fourth-order valence-electron chi connectivity index (χ4n) is 4.44. The van der Waals surface area contributed by atoms with Gasteiger partial charge in [0.15, 0.2) is 0 Å². The Morgan fingerprint density at radius 3 is 2.71 bits per heavy atom. The number of hydrogen-bond donors (Lipinski definition) is 0. The van der Waals surface area contributed by atoms with Crippen molar-refractivity contribution in [2.24, 2.45) is 0 Å². The zero-order valence-electron chi connectivity index (χ0n) is 17.5. The Bertz CT molecular complexity index is 950. The third-order valence-corrected chi connectivity index (χ3v) is 6.01. The molecule has 28 heavy (non-hydrogen) atoms. The largest absolute Gasteiger partial charge is 0.366 e. The first kappa shape index (κ1) is 20.5. The molecule has 0 N–H and O–H groups in total. The molecule has 146 valence electrons. The summed E-state index contributed by atoms with van der Waals surface area (Å²) in [7, 11) is 0. The predicted molar refractivity (Wildman–Crippen MR) is 121 cm³/mol. The van der Waals surface area contributed by atoms with Gasteiger partial charge in [-0.3, -0.25) is 0 Å². The first-order chi connectivity index (χ1) is 13.3. The molecule has 0 fully saturated rings. The average molecular weight is 393 g/mol. The van der Waals surface area contributed by atoms with E-state index in [1.165, 1.54) is 16.8 Å². The van der Waals surface area contributed by atoms with Gasteiger partial charge in [-0.1, -0.05) is 37.6 Å². The van der Waals surface area contributed by atoms with Crippen LogP contribution in [0, 0.1) is 18.3 Å². The van der Waals surface area contributed by atoms with E-state index >= 15 is 0 Å². The number of halogens is 1. The van der Waals surface area contributed by atoms with Crippen LogP contribution in [0.15, 0.2) is 36.4 Å². The molecule has 1 unspecified atom stereocenters. The Morgan fingerprint density at radius 1 is 1.32 bits per heavy atom. The molecular weight excluding hydrogens is 364 g/mol. The van der Waals surface area contributed by atoms with Crippen molar-refractivity contribution >= 4 is 28.9 Å². The summed E-state index contributed by atoms with van der Waals surface area (Å²) in [5.74, 6) is 0.488. The third kappa shape index (κ3) is 3.96. The lowest BCUT2D eigenvalue weighted by atomic mass is 9.78. The van der Waals surface area contributed by atoms with Crippen LogP contribution in [0.1, 0.15) is 68.7 Å². The van der Waals surface area contributed by atoms with E-state index in [1.807, 2.05) is 30.3 Å². The quantitative estimate of drug-likeness (QED) is 0.405. The molecule has 1 aliphatic heterocycles. The van der Waals surface area contributed by atoms with Gasteiger partial charge in [0.2, 0.25) is 0 Å².